The molecule has 1 unspecified atom stereocenters. The molecule has 0 fully saturated rings. The predicted octanol–water partition coefficient (Wildman–Crippen LogP) is 6.65. The number of hydrogen-bond acceptors (Lipinski definition) is 1. The fourth-order valence-corrected chi connectivity index (χ4v) is 3.24. The van der Waals surface area contributed by atoms with Gasteiger partial charge in [-0.2, -0.15) is 0 Å². The number of benzene rings is 1. The van der Waals surface area contributed by atoms with Gasteiger partial charge in [0.05, 0.1) is 0 Å². The molecular weight excluding hydrogens is 278 g/mol. The fourth-order valence-electron chi connectivity index (χ4n) is 3.24. The lowest BCUT2D eigenvalue weighted by atomic mass is 10.0. The molecule has 0 spiro atoms. The number of nitrogens with two attached hydrogens (primary N) is 1. The summed E-state index contributed by atoms with van der Waals surface area (Å²) in [6.45, 7) is 2.28. The second-order valence-electron chi connectivity index (χ2n) is 7.11. The monoisotopic (exact) mass is 317 g/mol. The zero-order valence-corrected chi connectivity index (χ0v) is 15.4. The molecule has 1 atom stereocenters. The summed E-state index contributed by atoms with van der Waals surface area (Å²) in [5.41, 5.74) is 7.71. The zero-order chi connectivity index (χ0) is 16.6. The first-order chi connectivity index (χ1) is 11.3. The summed E-state index contributed by atoms with van der Waals surface area (Å²) in [5.74, 6) is 0. The van der Waals surface area contributed by atoms with Crippen molar-refractivity contribution in [3.8, 4) is 0 Å². The summed E-state index contributed by atoms with van der Waals surface area (Å²) in [4.78, 5) is 0. The maximum Gasteiger partial charge on any atom is 0.00388 e. The van der Waals surface area contributed by atoms with E-state index in [9.17, 15) is 0 Å². The van der Waals surface area contributed by atoms with Gasteiger partial charge >= 0.3 is 0 Å². The molecular formula is C22H39N. The number of rotatable bonds is 15. The van der Waals surface area contributed by atoms with E-state index >= 15 is 0 Å². The third-order valence-electron chi connectivity index (χ3n) is 4.81. The van der Waals surface area contributed by atoms with Crippen molar-refractivity contribution in [3.63, 3.8) is 0 Å². The van der Waals surface area contributed by atoms with Crippen molar-refractivity contribution in [2.75, 3.05) is 0 Å². The maximum atomic E-state index is 6.23. The van der Waals surface area contributed by atoms with Crippen molar-refractivity contribution < 1.29 is 0 Å². The van der Waals surface area contributed by atoms with E-state index < -0.39 is 0 Å². The van der Waals surface area contributed by atoms with Crippen LogP contribution in [0.5, 0.6) is 0 Å². The highest BCUT2D eigenvalue weighted by Crippen LogP contribution is 2.13. The van der Waals surface area contributed by atoms with E-state index in [0.717, 1.165) is 0 Å². The topological polar surface area (TPSA) is 26.0 Å². The smallest absolute Gasteiger partial charge is 0.00388 e. The highest BCUT2D eigenvalue weighted by Gasteiger charge is 2.02. The van der Waals surface area contributed by atoms with Crippen molar-refractivity contribution in [1.82, 2.24) is 0 Å². The molecule has 0 bridgehead atoms. The van der Waals surface area contributed by atoms with Gasteiger partial charge < -0.3 is 5.73 Å². The van der Waals surface area contributed by atoms with Crippen LogP contribution < -0.4 is 5.73 Å². The lowest BCUT2D eigenvalue weighted by Gasteiger charge is -2.11. The number of unbranched alkanes of at least 4 members (excludes halogenated alkanes) is 9. The predicted molar refractivity (Wildman–Crippen MR) is 104 cm³/mol. The second kappa shape index (κ2) is 14.8. The first kappa shape index (κ1) is 20.2. The van der Waals surface area contributed by atoms with Gasteiger partial charge in [-0.25, -0.2) is 0 Å². The molecule has 0 saturated carbocycles. The van der Waals surface area contributed by atoms with Crippen LogP contribution in [0, 0.1) is 0 Å². The van der Waals surface area contributed by atoms with E-state index in [4.69, 9.17) is 5.73 Å². The third-order valence-corrected chi connectivity index (χ3v) is 4.81. The van der Waals surface area contributed by atoms with Gasteiger partial charge in [-0.15, -0.1) is 0 Å². The minimum absolute atomic E-state index is 0.450. The van der Waals surface area contributed by atoms with Crippen molar-refractivity contribution in [2.45, 2.75) is 103 Å². The van der Waals surface area contributed by atoms with Gasteiger partial charge in [-0.3, -0.25) is 0 Å². The Morgan fingerprint density at radius 2 is 1.22 bits per heavy atom. The highest BCUT2D eigenvalue weighted by molar-refractivity contribution is 5.14. The van der Waals surface area contributed by atoms with Crippen LogP contribution >= 0.6 is 0 Å². The zero-order valence-electron chi connectivity index (χ0n) is 15.4. The van der Waals surface area contributed by atoms with Crippen LogP contribution in [0.25, 0.3) is 0 Å². The SMILES string of the molecule is CCCCCCCCC(N)CCCCCCCc1ccccc1. The van der Waals surface area contributed by atoms with Gasteiger partial charge in [0, 0.05) is 6.04 Å². The summed E-state index contributed by atoms with van der Waals surface area (Å²) in [5, 5.41) is 0. The summed E-state index contributed by atoms with van der Waals surface area (Å²) in [6, 6.07) is 11.3. The molecule has 1 aromatic carbocycles. The molecule has 0 aromatic heterocycles. The van der Waals surface area contributed by atoms with Gasteiger partial charge in [0.1, 0.15) is 0 Å². The van der Waals surface area contributed by atoms with Crippen LogP contribution in [-0.4, -0.2) is 6.04 Å². The fraction of sp³-hybridized carbons (Fsp3) is 0.727. The van der Waals surface area contributed by atoms with Gasteiger partial charge in [0.15, 0.2) is 0 Å². The molecule has 0 aliphatic rings. The summed E-state index contributed by atoms with van der Waals surface area (Å²) < 4.78 is 0. The average molecular weight is 318 g/mol. The Labute approximate surface area is 145 Å². The number of aryl methyl sites for hydroxylation is 1. The molecule has 0 radical (unpaired) electrons. The summed E-state index contributed by atoms with van der Waals surface area (Å²) in [6.07, 6.45) is 18.7. The van der Waals surface area contributed by atoms with E-state index in [0.29, 0.717) is 6.04 Å². The van der Waals surface area contributed by atoms with E-state index in [-0.39, 0.29) is 0 Å². The molecule has 23 heavy (non-hydrogen) atoms. The van der Waals surface area contributed by atoms with Crippen molar-refractivity contribution >= 4 is 0 Å². The molecule has 0 aliphatic carbocycles. The minimum Gasteiger partial charge on any atom is -0.328 e. The second-order valence-corrected chi connectivity index (χ2v) is 7.11. The normalized spacial score (nSPS) is 12.4. The Bertz CT molecular complexity index is 346. The molecule has 1 rings (SSSR count). The molecule has 0 heterocycles. The van der Waals surface area contributed by atoms with Crippen LogP contribution in [0.1, 0.15) is 96.0 Å². The lowest BCUT2D eigenvalue weighted by Crippen LogP contribution is -2.19. The van der Waals surface area contributed by atoms with E-state index in [1.165, 1.54) is 95.5 Å². The van der Waals surface area contributed by atoms with Gasteiger partial charge in [0.2, 0.25) is 0 Å². The third kappa shape index (κ3) is 12.3. The van der Waals surface area contributed by atoms with E-state index in [1.54, 1.807) is 0 Å². The van der Waals surface area contributed by atoms with Gasteiger partial charge in [-0.05, 0) is 31.2 Å². The molecule has 1 aromatic rings. The standard InChI is InChI=1S/C22H39N/c1-2-3-4-5-8-14-19-22(23)20-15-9-6-7-11-16-21-17-12-10-13-18-21/h10,12-13,17-18,22H,2-9,11,14-16,19-20,23H2,1H3. The van der Waals surface area contributed by atoms with E-state index in [1.807, 2.05) is 0 Å². The Morgan fingerprint density at radius 3 is 1.83 bits per heavy atom. The number of hydrogen-bond donors (Lipinski definition) is 1. The highest BCUT2D eigenvalue weighted by atomic mass is 14.6. The van der Waals surface area contributed by atoms with Gasteiger partial charge in [-0.1, -0.05) is 101 Å². The summed E-state index contributed by atoms with van der Waals surface area (Å²) in [7, 11) is 0. The average Bonchev–Trinajstić information content (AvgIpc) is 2.58. The molecule has 2 N–H and O–H groups in total. The Kier molecular flexibility index (Phi) is 13.0. The minimum atomic E-state index is 0.450. The van der Waals surface area contributed by atoms with Crippen molar-refractivity contribution in [1.29, 1.82) is 0 Å². The van der Waals surface area contributed by atoms with Crippen LogP contribution in [0.2, 0.25) is 0 Å². The first-order valence-corrected chi connectivity index (χ1v) is 10.1. The van der Waals surface area contributed by atoms with Crippen LogP contribution in [-0.2, 0) is 6.42 Å². The lowest BCUT2D eigenvalue weighted by molar-refractivity contribution is 0.484. The summed E-state index contributed by atoms with van der Waals surface area (Å²) >= 11 is 0. The van der Waals surface area contributed by atoms with Crippen LogP contribution in [0.15, 0.2) is 30.3 Å². The Balaban J connectivity index is 1.83. The van der Waals surface area contributed by atoms with Crippen LogP contribution in [0.4, 0.5) is 0 Å². The Morgan fingerprint density at radius 1 is 0.696 bits per heavy atom. The molecule has 0 saturated heterocycles. The molecule has 0 aliphatic heterocycles. The molecule has 1 nitrogen and oxygen atoms in total. The quantitative estimate of drug-likeness (QED) is 0.360. The molecule has 132 valence electrons. The van der Waals surface area contributed by atoms with Gasteiger partial charge in [0.25, 0.3) is 0 Å². The first-order valence-electron chi connectivity index (χ1n) is 10.1. The van der Waals surface area contributed by atoms with E-state index in [2.05, 4.69) is 37.3 Å². The van der Waals surface area contributed by atoms with Crippen molar-refractivity contribution in [3.05, 3.63) is 35.9 Å². The molecule has 1 heteroatoms. The largest absolute Gasteiger partial charge is 0.328 e. The maximum absolute atomic E-state index is 6.23. The molecule has 0 amide bonds. The van der Waals surface area contributed by atoms with Crippen molar-refractivity contribution in [2.24, 2.45) is 5.73 Å². The van der Waals surface area contributed by atoms with Crippen LogP contribution in [0.3, 0.4) is 0 Å². The Hall–Kier alpha value is -0.820.